The molecule has 1 aromatic rings. The smallest absolute Gasteiger partial charge is 0.121 e. The van der Waals surface area contributed by atoms with Gasteiger partial charge in [0.15, 0.2) is 0 Å². The van der Waals surface area contributed by atoms with Gasteiger partial charge in [0.2, 0.25) is 0 Å². The quantitative estimate of drug-likeness (QED) is 0.847. The Hall–Kier alpha value is -0.480. The molecule has 1 atom stereocenters. The van der Waals surface area contributed by atoms with Crippen LogP contribution in [0.15, 0.2) is 18.2 Å². The summed E-state index contributed by atoms with van der Waals surface area (Å²) in [6, 6.07) is 5.07. The molecule has 5 heteroatoms. The number of hydrogen-bond acceptors (Lipinski definition) is 3. The first kappa shape index (κ1) is 14.9. The minimum Gasteiger partial charge on any atom is -0.491 e. The largest absolute Gasteiger partial charge is 0.491 e. The molecule has 2 rings (SSSR count). The van der Waals surface area contributed by atoms with Crippen LogP contribution in [0.2, 0.25) is 10.0 Å². The molecule has 0 saturated heterocycles. The minimum atomic E-state index is -0.535. The molecule has 0 spiro atoms. The summed E-state index contributed by atoms with van der Waals surface area (Å²) in [5.74, 6) is 0.614. The third-order valence-electron chi connectivity index (χ3n) is 3.56. The number of ether oxygens (including phenoxy) is 1. The third kappa shape index (κ3) is 4.25. The molecule has 1 aromatic carbocycles. The molecule has 1 unspecified atom stereocenters. The summed E-state index contributed by atoms with van der Waals surface area (Å²) >= 11 is 11.7. The lowest BCUT2D eigenvalue weighted by molar-refractivity contribution is 0.0868. The second-order valence-corrected chi connectivity index (χ2v) is 6.15. The topological polar surface area (TPSA) is 41.5 Å². The van der Waals surface area contributed by atoms with Crippen molar-refractivity contribution in [1.82, 2.24) is 5.32 Å². The summed E-state index contributed by atoms with van der Waals surface area (Å²) in [5, 5.41) is 14.2. The number of hydrogen-bond donors (Lipinski definition) is 2. The van der Waals surface area contributed by atoms with Crippen molar-refractivity contribution in [3.63, 3.8) is 0 Å². The first-order chi connectivity index (χ1) is 8.98. The number of halogens is 2. The van der Waals surface area contributed by atoms with Gasteiger partial charge in [-0.05, 0) is 38.3 Å². The van der Waals surface area contributed by atoms with Gasteiger partial charge in [-0.1, -0.05) is 23.2 Å². The van der Waals surface area contributed by atoms with Crippen LogP contribution in [0.5, 0.6) is 5.75 Å². The Bertz CT molecular complexity index is 435. The van der Waals surface area contributed by atoms with Crippen LogP contribution in [0.4, 0.5) is 0 Å². The van der Waals surface area contributed by atoms with Crippen molar-refractivity contribution in [2.75, 3.05) is 13.2 Å². The van der Waals surface area contributed by atoms with E-state index in [4.69, 9.17) is 27.9 Å². The maximum atomic E-state index is 9.87. The van der Waals surface area contributed by atoms with Crippen molar-refractivity contribution in [1.29, 1.82) is 0 Å². The average molecular weight is 304 g/mol. The number of nitrogens with one attached hydrogen (secondary N) is 1. The highest BCUT2D eigenvalue weighted by Gasteiger charge is 2.31. The van der Waals surface area contributed by atoms with Gasteiger partial charge < -0.3 is 15.2 Å². The zero-order valence-electron chi connectivity index (χ0n) is 11.0. The Morgan fingerprint density at radius 1 is 1.37 bits per heavy atom. The molecule has 0 heterocycles. The molecule has 1 aliphatic rings. The summed E-state index contributed by atoms with van der Waals surface area (Å²) < 4.78 is 5.49. The predicted octanol–water partition coefficient (Wildman–Crippen LogP) is 3.27. The van der Waals surface area contributed by atoms with Gasteiger partial charge in [-0.2, -0.15) is 0 Å². The molecule has 19 heavy (non-hydrogen) atoms. The van der Waals surface area contributed by atoms with Gasteiger partial charge in [-0.15, -0.1) is 0 Å². The first-order valence-corrected chi connectivity index (χ1v) is 7.25. The molecule has 0 amide bonds. The number of β-amino-alcohol motifs (C(OH)–C–C–N with tert-alkyl or cyclic N) is 1. The van der Waals surface area contributed by atoms with Gasteiger partial charge >= 0.3 is 0 Å². The Labute approximate surface area is 123 Å². The second kappa shape index (κ2) is 6.31. The molecule has 106 valence electrons. The van der Waals surface area contributed by atoms with Crippen LogP contribution >= 0.6 is 23.2 Å². The maximum Gasteiger partial charge on any atom is 0.121 e. The van der Waals surface area contributed by atoms with E-state index in [1.54, 1.807) is 18.2 Å². The van der Waals surface area contributed by atoms with Crippen LogP contribution in [-0.4, -0.2) is 29.9 Å². The van der Waals surface area contributed by atoms with E-state index in [9.17, 15) is 5.11 Å². The molecule has 2 N–H and O–H groups in total. The lowest BCUT2D eigenvalue weighted by atomic mass is 9.78. The molecule has 1 fully saturated rings. The van der Waals surface area contributed by atoms with Crippen molar-refractivity contribution in [2.24, 2.45) is 0 Å². The summed E-state index contributed by atoms with van der Waals surface area (Å²) in [5.41, 5.74) is 0.199. The van der Waals surface area contributed by atoms with Gasteiger partial charge in [-0.3, -0.25) is 0 Å². The zero-order valence-corrected chi connectivity index (χ0v) is 12.5. The Kier molecular flexibility index (Phi) is 4.96. The fourth-order valence-corrected chi connectivity index (χ4v) is 2.35. The lowest BCUT2D eigenvalue weighted by Gasteiger charge is -2.40. The molecule has 3 nitrogen and oxygen atoms in total. The van der Waals surface area contributed by atoms with Crippen molar-refractivity contribution >= 4 is 23.2 Å². The lowest BCUT2D eigenvalue weighted by Crippen LogP contribution is -2.51. The number of aliphatic hydroxyl groups is 1. The van der Waals surface area contributed by atoms with Gasteiger partial charge in [0.05, 0.1) is 10.0 Å². The molecular formula is C14H19Cl2NO2. The molecule has 0 aliphatic heterocycles. The molecular weight excluding hydrogens is 285 g/mol. The van der Waals surface area contributed by atoms with E-state index in [1.165, 1.54) is 19.3 Å². The predicted molar refractivity (Wildman–Crippen MR) is 78.2 cm³/mol. The SMILES string of the molecule is CC1(NCC(O)COc2ccc(Cl)c(Cl)c2)CCC1. The van der Waals surface area contributed by atoms with Crippen molar-refractivity contribution in [3.05, 3.63) is 28.2 Å². The minimum absolute atomic E-state index is 0.199. The number of rotatable bonds is 6. The Morgan fingerprint density at radius 3 is 2.68 bits per heavy atom. The highest BCUT2D eigenvalue weighted by atomic mass is 35.5. The fourth-order valence-electron chi connectivity index (χ4n) is 2.07. The monoisotopic (exact) mass is 303 g/mol. The Morgan fingerprint density at radius 2 is 2.11 bits per heavy atom. The normalized spacial score (nSPS) is 18.7. The summed E-state index contributed by atoms with van der Waals surface area (Å²) in [6.45, 7) is 2.96. The van der Waals surface area contributed by atoms with Gasteiger partial charge in [0.25, 0.3) is 0 Å². The van der Waals surface area contributed by atoms with Crippen LogP contribution < -0.4 is 10.1 Å². The van der Waals surface area contributed by atoms with Crippen LogP contribution in [0, 0.1) is 0 Å². The van der Waals surface area contributed by atoms with Crippen LogP contribution in [0.25, 0.3) is 0 Å². The van der Waals surface area contributed by atoms with E-state index >= 15 is 0 Å². The standard InChI is InChI=1S/C14H19Cl2NO2/c1-14(5-2-6-14)17-8-10(18)9-19-11-3-4-12(15)13(16)7-11/h3-4,7,10,17-18H,2,5-6,8-9H2,1H3. The number of benzene rings is 1. The van der Waals surface area contributed by atoms with Gasteiger partial charge in [-0.25, -0.2) is 0 Å². The maximum absolute atomic E-state index is 9.87. The second-order valence-electron chi connectivity index (χ2n) is 5.34. The fraction of sp³-hybridized carbons (Fsp3) is 0.571. The summed E-state index contributed by atoms with van der Waals surface area (Å²) in [6.07, 6.45) is 3.08. The van der Waals surface area contributed by atoms with Crippen LogP contribution in [0.1, 0.15) is 26.2 Å². The van der Waals surface area contributed by atoms with E-state index < -0.39 is 6.10 Å². The van der Waals surface area contributed by atoms with E-state index in [0.29, 0.717) is 22.3 Å². The average Bonchev–Trinajstić information content (AvgIpc) is 2.35. The van der Waals surface area contributed by atoms with E-state index in [1.807, 2.05) is 0 Å². The van der Waals surface area contributed by atoms with Gasteiger partial charge in [0, 0.05) is 18.2 Å². The number of aliphatic hydroxyl groups excluding tert-OH is 1. The molecule has 0 radical (unpaired) electrons. The van der Waals surface area contributed by atoms with Crippen molar-refractivity contribution in [3.8, 4) is 5.75 Å². The zero-order chi connectivity index (χ0) is 13.9. The van der Waals surface area contributed by atoms with Crippen LogP contribution in [0.3, 0.4) is 0 Å². The van der Waals surface area contributed by atoms with Crippen molar-refractivity contribution < 1.29 is 9.84 Å². The van der Waals surface area contributed by atoms with E-state index in [2.05, 4.69) is 12.2 Å². The van der Waals surface area contributed by atoms with Gasteiger partial charge in [0.1, 0.15) is 18.5 Å². The highest BCUT2D eigenvalue weighted by molar-refractivity contribution is 6.42. The molecule has 1 aliphatic carbocycles. The van der Waals surface area contributed by atoms with Crippen molar-refractivity contribution in [2.45, 2.75) is 37.8 Å². The summed E-state index contributed by atoms with van der Waals surface area (Å²) in [7, 11) is 0. The molecule has 0 aromatic heterocycles. The molecule has 1 saturated carbocycles. The Balaban J connectivity index is 1.73. The third-order valence-corrected chi connectivity index (χ3v) is 4.29. The van der Waals surface area contributed by atoms with Crippen LogP contribution in [-0.2, 0) is 0 Å². The first-order valence-electron chi connectivity index (χ1n) is 6.49. The van der Waals surface area contributed by atoms with E-state index in [0.717, 1.165) is 0 Å². The summed E-state index contributed by atoms with van der Waals surface area (Å²) in [4.78, 5) is 0. The molecule has 0 bridgehead atoms. The highest BCUT2D eigenvalue weighted by Crippen LogP contribution is 2.30. The van der Waals surface area contributed by atoms with E-state index in [-0.39, 0.29) is 12.1 Å².